The molecule has 2 aromatic heterocycles. The van der Waals surface area contributed by atoms with Gasteiger partial charge in [-0.25, -0.2) is 0 Å². The minimum atomic E-state index is 0.465. The zero-order chi connectivity index (χ0) is 15.7. The van der Waals surface area contributed by atoms with Crippen LogP contribution in [0, 0.1) is 13.8 Å². The second kappa shape index (κ2) is 6.26. The van der Waals surface area contributed by atoms with Gasteiger partial charge < -0.3 is 8.98 Å². The first-order chi connectivity index (χ1) is 10.6. The van der Waals surface area contributed by atoms with E-state index < -0.39 is 0 Å². The number of hydrogen-bond acceptors (Lipinski definition) is 3. The summed E-state index contributed by atoms with van der Waals surface area (Å²) >= 11 is 9.25. The molecule has 2 heterocycles. The minimum Gasteiger partial charge on any atom is -0.419 e. The van der Waals surface area contributed by atoms with E-state index in [1.165, 1.54) is 0 Å². The van der Waals surface area contributed by atoms with Crippen molar-refractivity contribution < 1.29 is 4.42 Å². The van der Waals surface area contributed by atoms with Crippen LogP contribution in [0.15, 0.2) is 39.2 Å². The molecule has 22 heavy (non-hydrogen) atoms. The Morgan fingerprint density at radius 1 is 1.23 bits per heavy atom. The maximum Gasteiger partial charge on any atom is 0.264 e. The molecule has 114 valence electrons. The lowest BCUT2D eigenvalue weighted by molar-refractivity contribution is 0.510. The molecule has 0 bridgehead atoms. The van der Waals surface area contributed by atoms with Gasteiger partial charge in [0.25, 0.3) is 5.89 Å². The van der Waals surface area contributed by atoms with Crippen molar-refractivity contribution in [1.29, 1.82) is 0 Å². The molecule has 3 aromatic rings. The molecule has 0 aliphatic carbocycles. The molecule has 0 aliphatic rings. The fraction of sp³-hybridized carbons (Fsp3) is 0.250. The third kappa shape index (κ3) is 2.83. The van der Waals surface area contributed by atoms with Crippen LogP contribution < -0.4 is 0 Å². The van der Waals surface area contributed by atoms with E-state index in [0.29, 0.717) is 24.1 Å². The summed E-state index contributed by atoms with van der Waals surface area (Å²) in [5.74, 6) is 1.54. The van der Waals surface area contributed by atoms with E-state index in [4.69, 9.17) is 16.0 Å². The molecule has 0 saturated heterocycles. The number of benzene rings is 1. The molecule has 0 radical (unpaired) electrons. The van der Waals surface area contributed by atoms with Gasteiger partial charge in [-0.1, -0.05) is 22.0 Å². The highest BCUT2D eigenvalue weighted by Crippen LogP contribution is 2.30. The Morgan fingerprint density at radius 2 is 2.05 bits per heavy atom. The first-order valence-corrected chi connectivity index (χ1v) is 8.26. The average molecular weight is 381 g/mol. The number of alkyl halides is 1. The van der Waals surface area contributed by atoms with E-state index in [9.17, 15) is 0 Å². The smallest absolute Gasteiger partial charge is 0.264 e. The lowest BCUT2D eigenvalue weighted by atomic mass is 10.2. The van der Waals surface area contributed by atoms with Crippen LogP contribution in [-0.4, -0.2) is 20.6 Å². The van der Waals surface area contributed by atoms with Crippen molar-refractivity contribution in [2.75, 3.05) is 5.88 Å². The van der Waals surface area contributed by atoms with Crippen molar-refractivity contribution in [3.8, 4) is 17.3 Å². The van der Waals surface area contributed by atoms with Crippen molar-refractivity contribution in [2.24, 2.45) is 0 Å². The van der Waals surface area contributed by atoms with Crippen molar-refractivity contribution in [3.05, 3.63) is 52.0 Å². The number of rotatable bonds is 4. The predicted octanol–water partition coefficient (Wildman–Crippen LogP) is 4.69. The number of hydrogen-bond donors (Lipinski definition) is 0. The van der Waals surface area contributed by atoms with Crippen LogP contribution in [0.1, 0.15) is 17.1 Å². The first kappa shape index (κ1) is 15.3. The largest absolute Gasteiger partial charge is 0.419 e. The van der Waals surface area contributed by atoms with Crippen LogP contribution in [0.25, 0.3) is 17.3 Å². The Labute approximate surface area is 142 Å². The van der Waals surface area contributed by atoms with E-state index in [1.54, 1.807) is 0 Å². The summed E-state index contributed by atoms with van der Waals surface area (Å²) in [6.07, 6.45) is 0.574. The van der Waals surface area contributed by atoms with Gasteiger partial charge in [0.05, 0.1) is 0 Å². The van der Waals surface area contributed by atoms with E-state index in [-0.39, 0.29) is 0 Å². The average Bonchev–Trinajstić information content (AvgIpc) is 3.03. The van der Waals surface area contributed by atoms with Gasteiger partial charge in [-0.3, -0.25) is 0 Å². The molecule has 0 fully saturated rings. The molecule has 0 atom stereocenters. The number of aromatic nitrogens is 3. The lowest BCUT2D eigenvalue weighted by Gasteiger charge is -2.10. The topological polar surface area (TPSA) is 43.9 Å². The molecule has 4 nitrogen and oxygen atoms in total. The van der Waals surface area contributed by atoms with E-state index >= 15 is 0 Å². The Bertz CT molecular complexity index is 810. The summed E-state index contributed by atoms with van der Waals surface area (Å²) < 4.78 is 8.90. The highest BCUT2D eigenvalue weighted by molar-refractivity contribution is 9.10. The van der Waals surface area contributed by atoms with Crippen molar-refractivity contribution >= 4 is 27.5 Å². The van der Waals surface area contributed by atoms with Crippen LogP contribution in [0.2, 0.25) is 0 Å². The molecule has 0 aliphatic heterocycles. The normalized spacial score (nSPS) is 11.1. The zero-order valence-corrected chi connectivity index (χ0v) is 14.6. The zero-order valence-electron chi connectivity index (χ0n) is 12.3. The maximum absolute atomic E-state index is 5.76. The van der Waals surface area contributed by atoms with E-state index in [1.807, 2.05) is 19.1 Å². The lowest BCUT2D eigenvalue weighted by Crippen LogP contribution is -1.99. The molecule has 0 spiro atoms. The van der Waals surface area contributed by atoms with Crippen molar-refractivity contribution in [3.63, 3.8) is 0 Å². The highest BCUT2D eigenvalue weighted by Gasteiger charge is 2.19. The highest BCUT2D eigenvalue weighted by atomic mass is 79.9. The minimum absolute atomic E-state index is 0.465. The molecule has 0 N–H and O–H groups in total. The SMILES string of the molecule is Cc1cc(C)n(-c2cccc(Br)c2)c1-c1nnc(CCCl)o1. The number of aryl methyl sites for hydroxylation is 3. The summed E-state index contributed by atoms with van der Waals surface area (Å²) in [5, 5.41) is 8.24. The Balaban J connectivity index is 2.15. The Hall–Kier alpha value is -1.59. The summed E-state index contributed by atoms with van der Waals surface area (Å²) in [6, 6.07) is 10.2. The van der Waals surface area contributed by atoms with Crippen molar-refractivity contribution in [1.82, 2.24) is 14.8 Å². The summed E-state index contributed by atoms with van der Waals surface area (Å²) in [7, 11) is 0. The van der Waals surface area contributed by atoms with E-state index in [0.717, 1.165) is 27.1 Å². The molecule has 0 unspecified atom stereocenters. The molecular weight excluding hydrogens is 366 g/mol. The third-order valence-electron chi connectivity index (χ3n) is 3.42. The van der Waals surface area contributed by atoms with Gasteiger partial charge in [-0.15, -0.1) is 21.8 Å². The second-order valence-electron chi connectivity index (χ2n) is 5.07. The molecule has 0 saturated carbocycles. The van der Waals surface area contributed by atoms with Gasteiger partial charge in [0.15, 0.2) is 0 Å². The Morgan fingerprint density at radius 3 is 2.77 bits per heavy atom. The fourth-order valence-corrected chi connectivity index (χ4v) is 3.09. The van der Waals surface area contributed by atoms with Gasteiger partial charge in [0, 0.05) is 28.2 Å². The standard InChI is InChI=1S/C16H15BrClN3O/c1-10-8-11(2)21(13-5-3-4-12(17)9-13)15(10)16-20-19-14(22-16)6-7-18/h3-5,8-9H,6-7H2,1-2H3. The maximum atomic E-state index is 5.76. The molecule has 3 rings (SSSR count). The summed E-state index contributed by atoms with van der Waals surface area (Å²) in [6.45, 7) is 4.11. The first-order valence-electron chi connectivity index (χ1n) is 6.93. The second-order valence-corrected chi connectivity index (χ2v) is 6.37. The number of halogens is 2. The van der Waals surface area contributed by atoms with Gasteiger partial charge in [0.1, 0.15) is 5.69 Å². The van der Waals surface area contributed by atoms with Crippen LogP contribution in [0.3, 0.4) is 0 Å². The van der Waals surface area contributed by atoms with Gasteiger partial charge in [-0.05, 0) is 43.7 Å². The molecule has 6 heteroatoms. The monoisotopic (exact) mass is 379 g/mol. The fourth-order valence-electron chi connectivity index (χ4n) is 2.54. The van der Waals surface area contributed by atoms with Crippen LogP contribution in [0.5, 0.6) is 0 Å². The predicted molar refractivity (Wildman–Crippen MR) is 90.7 cm³/mol. The molecular formula is C16H15BrClN3O. The Kier molecular flexibility index (Phi) is 4.36. The summed E-state index contributed by atoms with van der Waals surface area (Å²) in [4.78, 5) is 0. The van der Waals surface area contributed by atoms with Crippen LogP contribution >= 0.6 is 27.5 Å². The third-order valence-corrected chi connectivity index (χ3v) is 4.10. The van der Waals surface area contributed by atoms with Crippen molar-refractivity contribution in [2.45, 2.75) is 20.3 Å². The van der Waals surface area contributed by atoms with E-state index in [2.05, 4.69) is 55.8 Å². The quantitative estimate of drug-likeness (QED) is 0.617. The van der Waals surface area contributed by atoms with Crippen LogP contribution in [0.4, 0.5) is 0 Å². The van der Waals surface area contributed by atoms with Gasteiger partial charge in [0.2, 0.25) is 5.89 Å². The molecule has 0 amide bonds. The number of nitrogens with zero attached hydrogens (tertiary/aromatic N) is 3. The van der Waals surface area contributed by atoms with Gasteiger partial charge in [-0.2, -0.15) is 0 Å². The van der Waals surface area contributed by atoms with Gasteiger partial charge >= 0.3 is 0 Å². The van der Waals surface area contributed by atoms with Crippen LogP contribution in [-0.2, 0) is 6.42 Å². The summed E-state index contributed by atoms with van der Waals surface area (Å²) in [5.41, 5.74) is 4.18. The molecule has 1 aromatic carbocycles.